The molecule has 20 heavy (non-hydrogen) atoms. The first-order chi connectivity index (χ1) is 8.98. The molecule has 96 valence electrons. The van der Waals surface area contributed by atoms with E-state index < -0.39 is 10.1 Å². The number of fused-ring (bicyclic) bond motifs is 3. The first-order valence-electron chi connectivity index (χ1n) is 5.54. The molecule has 3 aromatic carbocycles. The van der Waals surface area contributed by atoms with Crippen LogP contribution in [-0.2, 0) is 10.1 Å². The molecule has 3 rings (SSSR count). The fourth-order valence-electron chi connectivity index (χ4n) is 2.29. The van der Waals surface area contributed by atoms with Crippen molar-refractivity contribution < 1.29 is 64.4 Å². The van der Waals surface area contributed by atoms with E-state index in [2.05, 4.69) is 0 Å². The van der Waals surface area contributed by atoms with Gasteiger partial charge in [-0.15, -0.1) is 0 Å². The summed E-state index contributed by atoms with van der Waals surface area (Å²) in [6.45, 7) is 0. The summed E-state index contributed by atoms with van der Waals surface area (Å²) in [6, 6.07) is 14.1. The number of halogens is 1. The van der Waals surface area contributed by atoms with Crippen LogP contribution in [0, 0.1) is 0 Å². The van der Waals surface area contributed by atoms with Crippen molar-refractivity contribution >= 4 is 43.3 Å². The smallest absolute Gasteiger partial charge is 0.744 e. The summed E-state index contributed by atoms with van der Waals surface area (Å²) in [5, 5.41) is 2.89. The molecule has 0 aliphatic heterocycles. The van der Waals surface area contributed by atoms with Gasteiger partial charge in [0.15, 0.2) is 0 Å². The van der Waals surface area contributed by atoms with Crippen LogP contribution in [0.4, 0.5) is 0 Å². The fraction of sp³-hybridized carbons (Fsp3) is 0. The van der Waals surface area contributed by atoms with Gasteiger partial charge in [-0.25, -0.2) is 8.42 Å². The van der Waals surface area contributed by atoms with E-state index in [4.69, 9.17) is 11.6 Å². The molecule has 0 unspecified atom stereocenters. The maximum Gasteiger partial charge on any atom is 1.00 e. The molecule has 0 aromatic heterocycles. The van der Waals surface area contributed by atoms with Gasteiger partial charge in [-0.1, -0.05) is 54.1 Å². The summed E-state index contributed by atoms with van der Waals surface area (Å²) in [6.07, 6.45) is 0. The van der Waals surface area contributed by atoms with Crippen molar-refractivity contribution in [3.63, 3.8) is 0 Å². The summed E-state index contributed by atoms with van der Waals surface area (Å²) in [5.74, 6) is 0. The molecule has 0 radical (unpaired) electrons. The van der Waals surface area contributed by atoms with Crippen molar-refractivity contribution in [2.45, 2.75) is 4.90 Å². The summed E-state index contributed by atoms with van der Waals surface area (Å²) >= 11 is 5.86. The summed E-state index contributed by atoms with van der Waals surface area (Å²) in [7, 11) is -4.61. The first kappa shape index (κ1) is 16.4. The normalized spacial score (nSPS) is 11.5. The maximum absolute atomic E-state index is 11.4. The average Bonchev–Trinajstić information content (AvgIpc) is 2.36. The van der Waals surface area contributed by atoms with E-state index in [1.807, 2.05) is 24.3 Å². The monoisotopic (exact) mass is 330 g/mol. The molecule has 0 aliphatic rings. The zero-order valence-corrected chi connectivity index (χ0v) is 15.3. The maximum atomic E-state index is 11.4. The van der Waals surface area contributed by atoms with E-state index in [-0.39, 0.29) is 61.3 Å². The Morgan fingerprint density at radius 2 is 1.50 bits per heavy atom. The molecule has 0 bridgehead atoms. The van der Waals surface area contributed by atoms with Gasteiger partial charge >= 0.3 is 51.4 Å². The Hall–Kier alpha value is 0.0164. The third kappa shape index (κ3) is 2.82. The predicted molar refractivity (Wildman–Crippen MR) is 74.4 cm³/mol. The van der Waals surface area contributed by atoms with Crippen LogP contribution in [0.1, 0.15) is 0 Å². The molecule has 0 atom stereocenters. The van der Waals surface area contributed by atoms with Crippen molar-refractivity contribution in [2.75, 3.05) is 0 Å². The minimum Gasteiger partial charge on any atom is -0.744 e. The van der Waals surface area contributed by atoms with Crippen molar-refractivity contribution in [2.24, 2.45) is 0 Å². The number of hydrogen-bond acceptors (Lipinski definition) is 3. The predicted octanol–water partition coefficient (Wildman–Crippen LogP) is 0.555. The Bertz CT molecular complexity index is 907. The fourth-order valence-corrected chi connectivity index (χ4v) is 3.49. The van der Waals surface area contributed by atoms with E-state index in [1.165, 1.54) is 6.07 Å². The van der Waals surface area contributed by atoms with Gasteiger partial charge in [0.25, 0.3) is 0 Å². The largest absolute Gasteiger partial charge is 1.00 e. The van der Waals surface area contributed by atoms with Crippen LogP contribution in [0.2, 0.25) is 5.02 Å². The Kier molecular flexibility index (Phi) is 4.93. The summed E-state index contributed by atoms with van der Waals surface area (Å²) in [4.78, 5) is -0.350. The van der Waals surface area contributed by atoms with Crippen LogP contribution in [0.5, 0.6) is 0 Å². The third-order valence-corrected chi connectivity index (χ3v) is 4.45. The van der Waals surface area contributed by atoms with E-state index in [0.29, 0.717) is 10.8 Å². The van der Waals surface area contributed by atoms with Crippen LogP contribution in [0.25, 0.3) is 21.5 Å². The molecule has 6 heteroatoms. The topological polar surface area (TPSA) is 57.2 Å². The van der Waals surface area contributed by atoms with Crippen LogP contribution < -0.4 is 51.4 Å². The second kappa shape index (κ2) is 6.02. The molecular weight excluding hydrogens is 323 g/mol. The van der Waals surface area contributed by atoms with Crippen LogP contribution in [0.15, 0.2) is 53.4 Å². The van der Waals surface area contributed by atoms with Gasteiger partial charge in [0.2, 0.25) is 0 Å². The Morgan fingerprint density at radius 3 is 2.20 bits per heavy atom. The van der Waals surface area contributed by atoms with Crippen LogP contribution >= 0.6 is 11.6 Å². The van der Waals surface area contributed by atoms with Gasteiger partial charge in [-0.3, -0.25) is 0 Å². The average molecular weight is 331 g/mol. The van der Waals surface area contributed by atoms with Crippen molar-refractivity contribution in [3.05, 3.63) is 53.6 Å². The van der Waals surface area contributed by atoms with Crippen molar-refractivity contribution in [3.8, 4) is 0 Å². The van der Waals surface area contributed by atoms with Gasteiger partial charge < -0.3 is 4.55 Å². The van der Waals surface area contributed by atoms with E-state index in [0.717, 1.165) is 10.8 Å². The molecule has 0 amide bonds. The number of rotatable bonds is 1. The SMILES string of the molecule is O=S(=O)([O-])c1c(Cl)ccc2c1ccc1ccccc12.[K+]. The molecule has 3 nitrogen and oxygen atoms in total. The number of hydrogen-bond donors (Lipinski definition) is 0. The van der Waals surface area contributed by atoms with E-state index in [1.54, 1.807) is 18.2 Å². The van der Waals surface area contributed by atoms with Gasteiger partial charge in [0.05, 0.1) is 9.92 Å². The van der Waals surface area contributed by atoms with E-state index >= 15 is 0 Å². The van der Waals surface area contributed by atoms with Crippen molar-refractivity contribution in [1.29, 1.82) is 0 Å². The Balaban J connectivity index is 0.00000147. The second-order valence-corrected chi connectivity index (χ2v) is 5.94. The molecule has 0 saturated heterocycles. The molecule has 0 N–H and O–H groups in total. The van der Waals surface area contributed by atoms with Gasteiger partial charge in [0.1, 0.15) is 10.1 Å². The molecule has 3 aromatic rings. The van der Waals surface area contributed by atoms with E-state index in [9.17, 15) is 13.0 Å². The zero-order chi connectivity index (χ0) is 13.6. The standard InChI is InChI=1S/C14H9ClO3S.K/c15-13-8-7-11-10-4-2-1-3-9(10)5-6-12(11)14(13)19(16,17)18;/h1-8H,(H,16,17,18);/q;+1/p-1. The number of benzene rings is 3. The first-order valence-corrected chi connectivity index (χ1v) is 7.33. The van der Waals surface area contributed by atoms with Crippen LogP contribution in [-0.4, -0.2) is 13.0 Å². The van der Waals surface area contributed by atoms with Crippen LogP contribution in [0.3, 0.4) is 0 Å². The molecule has 0 aliphatic carbocycles. The quantitative estimate of drug-likeness (QED) is 0.372. The molecule has 0 spiro atoms. The molecule has 0 fully saturated rings. The Morgan fingerprint density at radius 1 is 0.850 bits per heavy atom. The minimum absolute atomic E-state index is 0. The van der Waals surface area contributed by atoms with Gasteiger partial charge in [-0.05, 0) is 22.2 Å². The van der Waals surface area contributed by atoms with Gasteiger partial charge in [-0.2, -0.15) is 0 Å². The third-order valence-electron chi connectivity index (χ3n) is 3.08. The van der Waals surface area contributed by atoms with Crippen molar-refractivity contribution in [1.82, 2.24) is 0 Å². The summed E-state index contributed by atoms with van der Waals surface area (Å²) in [5.41, 5.74) is 0. The zero-order valence-electron chi connectivity index (χ0n) is 10.6. The minimum atomic E-state index is -4.61. The van der Waals surface area contributed by atoms with Gasteiger partial charge in [0, 0.05) is 5.39 Å². The molecular formula is C14H8ClKO3S. The Labute approximate surface area is 164 Å². The summed E-state index contributed by atoms with van der Waals surface area (Å²) < 4.78 is 34.1. The second-order valence-electron chi connectivity index (χ2n) is 4.21. The molecule has 0 saturated carbocycles. The molecule has 0 heterocycles.